The van der Waals surface area contributed by atoms with Crippen LogP contribution in [0.25, 0.3) is 0 Å². The van der Waals surface area contributed by atoms with Gasteiger partial charge in [-0.3, -0.25) is 4.79 Å². The van der Waals surface area contributed by atoms with E-state index in [1.165, 1.54) is 0 Å². The van der Waals surface area contributed by atoms with Gasteiger partial charge in [0.1, 0.15) is 6.61 Å². The Kier molecular flexibility index (Phi) is 9.77. The summed E-state index contributed by atoms with van der Waals surface area (Å²) < 4.78 is 28.0. The minimum absolute atomic E-state index is 0.0301. The maximum atomic E-state index is 11.7. The van der Waals surface area contributed by atoms with Crippen LogP contribution in [0.5, 0.6) is 0 Å². The molecule has 0 aromatic heterocycles. The minimum Gasteiger partial charge on any atom is -0.391 e. The second kappa shape index (κ2) is 10.2. The quantitative estimate of drug-likeness (QED) is 0.591. The van der Waals surface area contributed by atoms with Gasteiger partial charge in [-0.25, -0.2) is 8.78 Å². The van der Waals surface area contributed by atoms with Crippen LogP contribution in [0.4, 0.5) is 8.78 Å². The van der Waals surface area contributed by atoms with Crippen LogP contribution in [0.2, 0.25) is 0 Å². The lowest BCUT2D eigenvalue weighted by atomic mass is 9.96. The molecule has 0 saturated carbocycles. The van der Waals surface area contributed by atoms with Crippen LogP contribution in [-0.4, -0.2) is 43.3 Å². The van der Waals surface area contributed by atoms with Crippen molar-refractivity contribution >= 4 is 5.91 Å². The third-order valence-electron chi connectivity index (χ3n) is 2.82. The number of carbonyl (C=O) groups is 1. The van der Waals surface area contributed by atoms with Gasteiger partial charge in [-0.2, -0.15) is 0 Å². The minimum atomic E-state index is -2.51. The van der Waals surface area contributed by atoms with Crippen molar-refractivity contribution in [1.29, 1.82) is 0 Å². The van der Waals surface area contributed by atoms with E-state index in [1.54, 1.807) is 0 Å². The monoisotopic (exact) mass is 267 g/mol. The molecule has 6 heteroatoms. The summed E-state index contributed by atoms with van der Waals surface area (Å²) in [6, 6.07) is 0. The van der Waals surface area contributed by atoms with E-state index in [0.29, 0.717) is 0 Å². The topological polar surface area (TPSA) is 58.6 Å². The van der Waals surface area contributed by atoms with Crippen molar-refractivity contribution in [3.05, 3.63) is 0 Å². The zero-order valence-corrected chi connectivity index (χ0v) is 11.0. The average molecular weight is 267 g/mol. The number of carbonyl (C=O) groups excluding carboxylic acids is 1. The number of aliphatic hydroxyl groups excluding tert-OH is 1. The number of nitrogens with one attached hydrogen (secondary N) is 1. The Bertz CT molecular complexity index is 223. The lowest BCUT2D eigenvalue weighted by Crippen LogP contribution is -2.36. The molecule has 18 heavy (non-hydrogen) atoms. The van der Waals surface area contributed by atoms with E-state index < -0.39 is 19.1 Å². The van der Waals surface area contributed by atoms with Gasteiger partial charge in [0.15, 0.2) is 0 Å². The molecule has 0 heterocycles. The third kappa shape index (κ3) is 8.36. The second-order valence-corrected chi connectivity index (χ2v) is 4.16. The Morgan fingerprint density at radius 2 is 1.94 bits per heavy atom. The Balaban J connectivity index is 3.63. The van der Waals surface area contributed by atoms with Gasteiger partial charge < -0.3 is 15.2 Å². The van der Waals surface area contributed by atoms with Crippen molar-refractivity contribution in [2.75, 3.05) is 19.8 Å². The van der Waals surface area contributed by atoms with E-state index in [4.69, 9.17) is 0 Å². The highest BCUT2D eigenvalue weighted by molar-refractivity contribution is 5.75. The maximum Gasteiger partial charge on any atom is 0.261 e. The highest BCUT2D eigenvalue weighted by Crippen LogP contribution is 2.12. The third-order valence-corrected chi connectivity index (χ3v) is 2.82. The van der Waals surface area contributed by atoms with Crippen molar-refractivity contribution in [2.24, 2.45) is 5.92 Å². The zero-order chi connectivity index (χ0) is 14.0. The molecule has 0 rings (SSSR count). The summed E-state index contributed by atoms with van der Waals surface area (Å²) >= 11 is 0. The van der Waals surface area contributed by atoms with Gasteiger partial charge >= 0.3 is 0 Å². The molecule has 0 bridgehead atoms. The Morgan fingerprint density at radius 1 is 1.33 bits per heavy atom. The largest absolute Gasteiger partial charge is 0.391 e. The zero-order valence-electron chi connectivity index (χ0n) is 11.0. The first kappa shape index (κ1) is 17.2. The number of amides is 1. The summed E-state index contributed by atoms with van der Waals surface area (Å²) in [6.07, 6.45) is -1.34. The maximum absolute atomic E-state index is 11.7. The normalized spacial score (nSPS) is 13.1. The first-order chi connectivity index (χ1) is 8.51. The summed E-state index contributed by atoms with van der Waals surface area (Å²) in [5.74, 6) is -0.130. The number of hydrogen-bond acceptors (Lipinski definition) is 3. The lowest BCUT2D eigenvalue weighted by Gasteiger charge is -2.20. The predicted octanol–water partition coefficient (Wildman–Crippen LogP) is 1.57. The molecule has 0 aliphatic rings. The number of rotatable bonds is 10. The molecule has 0 spiro atoms. The number of aliphatic hydroxyl groups is 1. The van der Waals surface area contributed by atoms with Crippen LogP contribution in [-0.2, 0) is 9.53 Å². The molecule has 0 aliphatic heterocycles. The van der Waals surface area contributed by atoms with Gasteiger partial charge in [-0.05, 0) is 5.92 Å². The van der Waals surface area contributed by atoms with Crippen LogP contribution in [0.15, 0.2) is 0 Å². The summed E-state index contributed by atoms with van der Waals surface area (Å²) in [4.78, 5) is 11.3. The Hall–Kier alpha value is -0.750. The molecular weight excluding hydrogens is 244 g/mol. The van der Waals surface area contributed by atoms with Gasteiger partial charge in [0, 0.05) is 13.0 Å². The van der Waals surface area contributed by atoms with E-state index in [0.717, 1.165) is 12.8 Å². The molecule has 1 unspecified atom stereocenters. The van der Waals surface area contributed by atoms with Crippen LogP contribution >= 0.6 is 0 Å². The lowest BCUT2D eigenvalue weighted by molar-refractivity contribution is -0.123. The Morgan fingerprint density at radius 3 is 2.44 bits per heavy atom. The molecule has 0 aromatic rings. The number of ether oxygens (including phenoxy) is 1. The van der Waals surface area contributed by atoms with Crippen molar-refractivity contribution < 1.29 is 23.4 Å². The fraction of sp³-hybridized carbons (Fsp3) is 0.917. The van der Waals surface area contributed by atoms with Crippen LogP contribution in [0.3, 0.4) is 0 Å². The summed E-state index contributed by atoms with van der Waals surface area (Å²) in [7, 11) is 0. The van der Waals surface area contributed by atoms with Crippen LogP contribution in [0, 0.1) is 5.92 Å². The van der Waals surface area contributed by atoms with Crippen molar-refractivity contribution in [3.8, 4) is 0 Å². The average Bonchev–Trinajstić information content (AvgIpc) is 2.33. The van der Waals surface area contributed by atoms with Crippen LogP contribution < -0.4 is 5.32 Å². The summed E-state index contributed by atoms with van der Waals surface area (Å²) in [5, 5.41) is 12.3. The summed E-state index contributed by atoms with van der Waals surface area (Å²) in [5.41, 5.74) is 0. The van der Waals surface area contributed by atoms with Gasteiger partial charge in [0.2, 0.25) is 5.91 Å². The molecular formula is C12H23F2NO3. The van der Waals surface area contributed by atoms with E-state index in [1.807, 2.05) is 13.8 Å². The standard InChI is InChI=1S/C12H23F2NO3/c1-3-9(4-2)10(16)7-15-12(17)5-6-18-8-11(13)14/h9-11,16H,3-8H2,1-2H3,(H,15,17). The molecule has 108 valence electrons. The van der Waals surface area contributed by atoms with E-state index in [2.05, 4.69) is 10.1 Å². The molecule has 0 aliphatic carbocycles. The molecule has 0 saturated heterocycles. The molecule has 4 nitrogen and oxygen atoms in total. The van der Waals surface area contributed by atoms with E-state index in [9.17, 15) is 18.7 Å². The second-order valence-electron chi connectivity index (χ2n) is 4.16. The first-order valence-corrected chi connectivity index (χ1v) is 6.31. The molecule has 0 fully saturated rings. The van der Waals surface area contributed by atoms with Crippen LogP contribution in [0.1, 0.15) is 33.1 Å². The SMILES string of the molecule is CCC(CC)C(O)CNC(=O)CCOCC(F)F. The van der Waals surface area contributed by atoms with Gasteiger partial charge in [0.25, 0.3) is 6.43 Å². The number of halogens is 2. The van der Waals surface area contributed by atoms with Gasteiger partial charge in [-0.15, -0.1) is 0 Å². The fourth-order valence-corrected chi connectivity index (χ4v) is 1.64. The predicted molar refractivity (Wildman–Crippen MR) is 64.5 cm³/mol. The van der Waals surface area contributed by atoms with Crippen molar-refractivity contribution in [2.45, 2.75) is 45.6 Å². The van der Waals surface area contributed by atoms with Crippen molar-refractivity contribution in [1.82, 2.24) is 5.32 Å². The fourth-order valence-electron chi connectivity index (χ4n) is 1.64. The van der Waals surface area contributed by atoms with E-state index in [-0.39, 0.29) is 31.4 Å². The molecule has 1 atom stereocenters. The number of alkyl halides is 2. The van der Waals surface area contributed by atoms with Gasteiger partial charge in [0.05, 0.1) is 12.7 Å². The molecule has 2 N–H and O–H groups in total. The van der Waals surface area contributed by atoms with E-state index >= 15 is 0 Å². The summed E-state index contributed by atoms with van der Waals surface area (Å²) in [6.45, 7) is 3.48. The smallest absolute Gasteiger partial charge is 0.261 e. The molecule has 0 aromatic carbocycles. The first-order valence-electron chi connectivity index (χ1n) is 6.31. The number of hydrogen-bond donors (Lipinski definition) is 2. The van der Waals surface area contributed by atoms with Crippen molar-refractivity contribution in [3.63, 3.8) is 0 Å². The molecule has 0 radical (unpaired) electrons. The highest BCUT2D eigenvalue weighted by atomic mass is 19.3. The Labute approximate surface area is 107 Å². The van der Waals surface area contributed by atoms with Gasteiger partial charge in [-0.1, -0.05) is 26.7 Å². The highest BCUT2D eigenvalue weighted by Gasteiger charge is 2.16. The molecule has 1 amide bonds.